The summed E-state index contributed by atoms with van der Waals surface area (Å²) >= 11 is 0. The van der Waals surface area contributed by atoms with Crippen LogP contribution < -0.4 is 5.90 Å². The molecule has 0 bridgehead atoms. The molecule has 1 saturated carbocycles. The van der Waals surface area contributed by atoms with Crippen LogP contribution in [0.15, 0.2) is 18.2 Å². The molecule has 0 radical (unpaired) electrons. The second kappa shape index (κ2) is 4.35. The van der Waals surface area contributed by atoms with Gasteiger partial charge in [-0.1, -0.05) is 6.07 Å². The van der Waals surface area contributed by atoms with E-state index in [2.05, 4.69) is 4.74 Å². The van der Waals surface area contributed by atoms with Gasteiger partial charge in [-0.25, -0.2) is 10.7 Å². The third kappa shape index (κ3) is 2.11. The molecule has 1 aliphatic rings. The number of hydrogen-bond acceptors (Lipinski definition) is 5. The predicted molar refractivity (Wildman–Crippen MR) is 60.5 cm³/mol. The Hall–Kier alpha value is -1.59. The summed E-state index contributed by atoms with van der Waals surface area (Å²) in [6.45, 7) is 0.415. The number of phenols is 1. The maximum Gasteiger partial charge on any atom is 0.341 e. The summed E-state index contributed by atoms with van der Waals surface area (Å²) in [6.07, 6.45) is 1.94. The number of nitrogens with two attached hydrogens (primary N) is 1. The number of methoxy groups -OCH3 is 1. The molecule has 2 rings (SSSR count). The topological polar surface area (TPSA) is 81.8 Å². The molecule has 5 nitrogen and oxygen atoms in total. The van der Waals surface area contributed by atoms with Gasteiger partial charge in [-0.3, -0.25) is 0 Å². The minimum Gasteiger partial charge on any atom is -0.507 e. The average molecular weight is 237 g/mol. The molecule has 1 fully saturated rings. The smallest absolute Gasteiger partial charge is 0.341 e. The van der Waals surface area contributed by atoms with E-state index in [1.165, 1.54) is 13.2 Å². The van der Waals surface area contributed by atoms with E-state index in [4.69, 9.17) is 10.7 Å². The number of esters is 1. The van der Waals surface area contributed by atoms with Crippen LogP contribution in [0.2, 0.25) is 0 Å². The van der Waals surface area contributed by atoms with Crippen LogP contribution in [0.1, 0.15) is 28.8 Å². The summed E-state index contributed by atoms with van der Waals surface area (Å²) in [4.78, 5) is 16.2. The van der Waals surface area contributed by atoms with Gasteiger partial charge in [0.2, 0.25) is 0 Å². The van der Waals surface area contributed by atoms with E-state index >= 15 is 0 Å². The molecule has 1 aromatic carbocycles. The highest BCUT2D eigenvalue weighted by Gasteiger charge is 2.45. The molecule has 0 spiro atoms. The molecule has 0 heterocycles. The molecule has 0 aliphatic heterocycles. The van der Waals surface area contributed by atoms with Crippen molar-refractivity contribution >= 4 is 5.97 Å². The molecule has 17 heavy (non-hydrogen) atoms. The van der Waals surface area contributed by atoms with Gasteiger partial charge in [-0.2, -0.15) is 0 Å². The van der Waals surface area contributed by atoms with E-state index in [0.29, 0.717) is 6.61 Å². The van der Waals surface area contributed by atoms with Gasteiger partial charge in [0.1, 0.15) is 11.3 Å². The Morgan fingerprint density at radius 3 is 2.76 bits per heavy atom. The van der Waals surface area contributed by atoms with Gasteiger partial charge in [-0.15, -0.1) is 0 Å². The molecule has 5 heteroatoms. The number of carbonyl (C=O) groups excluding carboxylic acids is 1. The molecule has 0 atom stereocenters. The van der Waals surface area contributed by atoms with Crippen LogP contribution >= 0.6 is 0 Å². The number of rotatable bonds is 4. The van der Waals surface area contributed by atoms with Crippen molar-refractivity contribution in [3.05, 3.63) is 29.3 Å². The number of hydrogen-bond donors (Lipinski definition) is 2. The van der Waals surface area contributed by atoms with Crippen LogP contribution in [-0.4, -0.2) is 24.8 Å². The van der Waals surface area contributed by atoms with Gasteiger partial charge in [0.25, 0.3) is 0 Å². The second-order valence-corrected chi connectivity index (χ2v) is 4.31. The van der Waals surface area contributed by atoms with Crippen LogP contribution in [0.5, 0.6) is 5.75 Å². The highest BCUT2D eigenvalue weighted by atomic mass is 16.6. The van der Waals surface area contributed by atoms with Crippen LogP contribution in [0.4, 0.5) is 0 Å². The second-order valence-electron chi connectivity index (χ2n) is 4.31. The summed E-state index contributed by atoms with van der Waals surface area (Å²) < 4.78 is 4.61. The molecule has 0 amide bonds. The largest absolute Gasteiger partial charge is 0.507 e. The number of ether oxygens (including phenoxy) is 1. The Kier molecular flexibility index (Phi) is 3.04. The SMILES string of the molecule is COC(=O)c1cc(C2(CON)CC2)ccc1O. The normalized spacial score (nSPS) is 16.6. The van der Waals surface area contributed by atoms with Crippen LogP contribution in [0.3, 0.4) is 0 Å². The van der Waals surface area contributed by atoms with Crippen molar-refractivity contribution < 1.29 is 19.5 Å². The maximum absolute atomic E-state index is 11.5. The Morgan fingerprint density at radius 1 is 1.53 bits per heavy atom. The first-order valence-corrected chi connectivity index (χ1v) is 5.36. The van der Waals surface area contributed by atoms with Crippen LogP contribution in [-0.2, 0) is 15.0 Å². The fourth-order valence-electron chi connectivity index (χ4n) is 1.97. The molecule has 92 valence electrons. The van der Waals surface area contributed by atoms with Crippen molar-refractivity contribution in [1.82, 2.24) is 0 Å². The number of aromatic hydroxyl groups is 1. The monoisotopic (exact) mass is 237 g/mol. The summed E-state index contributed by atoms with van der Waals surface area (Å²) in [5, 5.41) is 9.60. The van der Waals surface area contributed by atoms with Gasteiger partial charge in [-0.05, 0) is 30.5 Å². The Bertz CT molecular complexity index is 440. The third-order valence-corrected chi connectivity index (χ3v) is 3.23. The summed E-state index contributed by atoms with van der Waals surface area (Å²) in [5.41, 5.74) is 1.01. The Labute approximate surface area is 99.1 Å². The van der Waals surface area contributed by atoms with Crippen molar-refractivity contribution in [2.24, 2.45) is 5.90 Å². The first kappa shape index (κ1) is 11.9. The lowest BCUT2D eigenvalue weighted by atomic mass is 9.95. The zero-order valence-electron chi connectivity index (χ0n) is 9.60. The molecule has 3 N–H and O–H groups in total. The van der Waals surface area contributed by atoms with Crippen LogP contribution in [0.25, 0.3) is 0 Å². The van der Waals surface area contributed by atoms with E-state index in [9.17, 15) is 9.90 Å². The molecular weight excluding hydrogens is 222 g/mol. The van der Waals surface area contributed by atoms with Gasteiger partial charge in [0, 0.05) is 5.41 Å². The number of phenolic OH excluding ortho intramolecular Hbond substituents is 1. The number of carbonyl (C=O) groups is 1. The molecular formula is C12H15NO4. The van der Waals surface area contributed by atoms with E-state index < -0.39 is 5.97 Å². The third-order valence-electron chi connectivity index (χ3n) is 3.23. The first-order chi connectivity index (χ1) is 8.13. The lowest BCUT2D eigenvalue weighted by molar-refractivity contribution is 0.0597. The Balaban J connectivity index is 2.34. The average Bonchev–Trinajstić information content (AvgIpc) is 3.10. The highest BCUT2D eigenvalue weighted by Crippen LogP contribution is 2.48. The van der Waals surface area contributed by atoms with Gasteiger partial charge < -0.3 is 14.7 Å². The van der Waals surface area contributed by atoms with Crippen molar-refractivity contribution in [3.8, 4) is 5.75 Å². The van der Waals surface area contributed by atoms with E-state index in [-0.39, 0.29) is 16.7 Å². The standard InChI is InChI=1S/C12H15NO4/c1-16-11(15)9-6-8(2-3-10(9)14)12(4-5-12)7-17-13/h2-3,6,14H,4-5,7,13H2,1H3. The van der Waals surface area contributed by atoms with Crippen molar-refractivity contribution in [1.29, 1.82) is 0 Å². The predicted octanol–water partition coefficient (Wildman–Crippen LogP) is 1.10. The van der Waals surface area contributed by atoms with Gasteiger partial charge in [0.05, 0.1) is 13.7 Å². The van der Waals surface area contributed by atoms with Crippen LogP contribution in [0, 0.1) is 0 Å². The fraction of sp³-hybridized carbons (Fsp3) is 0.417. The van der Waals surface area contributed by atoms with E-state index in [1.54, 1.807) is 12.1 Å². The summed E-state index contributed by atoms with van der Waals surface area (Å²) in [7, 11) is 1.28. The molecule has 0 aromatic heterocycles. The fourth-order valence-corrected chi connectivity index (χ4v) is 1.97. The molecule has 0 unspecified atom stereocenters. The van der Waals surface area contributed by atoms with E-state index in [1.807, 2.05) is 0 Å². The van der Waals surface area contributed by atoms with Crippen molar-refractivity contribution in [3.63, 3.8) is 0 Å². The van der Waals surface area contributed by atoms with Crippen molar-refractivity contribution in [2.45, 2.75) is 18.3 Å². The maximum atomic E-state index is 11.5. The molecule has 0 saturated heterocycles. The minimum atomic E-state index is -0.547. The van der Waals surface area contributed by atoms with Gasteiger partial charge >= 0.3 is 5.97 Å². The lowest BCUT2D eigenvalue weighted by Crippen LogP contribution is -2.18. The quantitative estimate of drug-likeness (QED) is 0.605. The van der Waals surface area contributed by atoms with Crippen molar-refractivity contribution in [2.75, 3.05) is 13.7 Å². The summed E-state index contributed by atoms with van der Waals surface area (Å²) in [6, 6.07) is 4.93. The highest BCUT2D eigenvalue weighted by molar-refractivity contribution is 5.92. The van der Waals surface area contributed by atoms with Gasteiger partial charge in [0.15, 0.2) is 0 Å². The molecule has 1 aliphatic carbocycles. The molecule has 1 aromatic rings. The minimum absolute atomic E-state index is 0.0786. The lowest BCUT2D eigenvalue weighted by Gasteiger charge is -2.15. The summed E-state index contributed by atoms with van der Waals surface area (Å²) in [5.74, 6) is 4.48. The zero-order chi connectivity index (χ0) is 12.5. The number of benzene rings is 1. The Morgan fingerprint density at radius 2 is 2.24 bits per heavy atom. The first-order valence-electron chi connectivity index (χ1n) is 5.36. The zero-order valence-corrected chi connectivity index (χ0v) is 9.60. The van der Waals surface area contributed by atoms with E-state index in [0.717, 1.165) is 18.4 Å².